The number of nitrogens with zero attached hydrogens (tertiary/aromatic N) is 2. The van der Waals surface area contributed by atoms with E-state index in [9.17, 15) is 18.0 Å². The van der Waals surface area contributed by atoms with Gasteiger partial charge >= 0.3 is 6.18 Å². The quantitative estimate of drug-likeness (QED) is 0.828. The van der Waals surface area contributed by atoms with Crippen molar-refractivity contribution < 1.29 is 13.2 Å². The lowest BCUT2D eigenvalue weighted by atomic mass is 10.1. The summed E-state index contributed by atoms with van der Waals surface area (Å²) in [5.74, 6) is 0. The fraction of sp³-hybridized carbons (Fsp3) is 0.100. The highest BCUT2D eigenvalue weighted by molar-refractivity contribution is 5.57. The van der Waals surface area contributed by atoms with Gasteiger partial charge in [-0.2, -0.15) is 13.2 Å². The lowest BCUT2D eigenvalue weighted by molar-refractivity contribution is -0.137. The zero-order valence-corrected chi connectivity index (χ0v) is 8.32. The number of pyridine rings is 1. The van der Waals surface area contributed by atoms with Crippen LogP contribution in [0.15, 0.2) is 35.6 Å². The fourth-order valence-electron chi connectivity index (χ4n) is 1.30. The molecule has 0 bridgehead atoms. The maximum atomic E-state index is 12.5. The van der Waals surface area contributed by atoms with Crippen molar-refractivity contribution in [2.45, 2.75) is 6.18 Å². The van der Waals surface area contributed by atoms with Gasteiger partial charge in [-0.1, -0.05) is 0 Å². The van der Waals surface area contributed by atoms with E-state index in [0.29, 0.717) is 11.6 Å². The van der Waals surface area contributed by atoms with Gasteiger partial charge in [0.2, 0.25) is 5.56 Å². The van der Waals surface area contributed by atoms with E-state index in [1.807, 2.05) is 0 Å². The molecule has 2 rings (SSSR count). The van der Waals surface area contributed by atoms with E-state index in [-0.39, 0.29) is 5.69 Å². The highest BCUT2D eigenvalue weighted by atomic mass is 19.4. The predicted octanol–water partition coefficient (Wildman–Crippen LogP) is 1.85. The van der Waals surface area contributed by atoms with E-state index in [1.54, 1.807) is 0 Å². The summed E-state index contributed by atoms with van der Waals surface area (Å²) >= 11 is 0. The summed E-state index contributed by atoms with van der Waals surface area (Å²) in [5.41, 5.74) is -1.47. The second-order valence-electron chi connectivity index (χ2n) is 3.27. The molecule has 0 unspecified atom stereocenters. The molecule has 0 saturated carbocycles. The number of H-pyrrole nitrogens is 1. The minimum absolute atomic E-state index is 0.0328. The average Bonchev–Trinajstić information content (AvgIpc) is 2.28. The monoisotopic (exact) mass is 241 g/mol. The molecule has 7 heteroatoms. The van der Waals surface area contributed by atoms with E-state index < -0.39 is 17.3 Å². The maximum absolute atomic E-state index is 12.5. The highest BCUT2D eigenvalue weighted by Gasteiger charge is 2.31. The average molecular weight is 241 g/mol. The van der Waals surface area contributed by atoms with Crippen molar-refractivity contribution in [2.75, 3.05) is 0 Å². The molecule has 2 heterocycles. The molecule has 0 spiro atoms. The molecule has 0 amide bonds. The number of hydrogen-bond donors (Lipinski definition) is 1. The van der Waals surface area contributed by atoms with Crippen LogP contribution in [0.1, 0.15) is 5.56 Å². The van der Waals surface area contributed by atoms with Crippen molar-refractivity contribution in [1.82, 2.24) is 15.0 Å². The fourth-order valence-corrected chi connectivity index (χ4v) is 1.30. The second-order valence-corrected chi connectivity index (χ2v) is 3.27. The standard InChI is InChI=1S/C10H6F3N3O/c11-10(12,13)7-1-8(16-9(17)2-7)6-3-14-5-15-4-6/h1-5H,(H,16,17). The first kappa shape index (κ1) is 11.3. The summed E-state index contributed by atoms with van der Waals surface area (Å²) < 4.78 is 37.4. The van der Waals surface area contributed by atoms with Gasteiger partial charge in [0.05, 0.1) is 11.3 Å². The zero-order chi connectivity index (χ0) is 12.5. The largest absolute Gasteiger partial charge is 0.416 e. The van der Waals surface area contributed by atoms with Crippen molar-refractivity contribution in [3.8, 4) is 11.3 Å². The molecule has 0 aromatic carbocycles. The van der Waals surface area contributed by atoms with Gasteiger partial charge < -0.3 is 4.98 Å². The molecule has 0 fully saturated rings. The van der Waals surface area contributed by atoms with Crippen LogP contribution in [0.25, 0.3) is 11.3 Å². The minimum Gasteiger partial charge on any atom is -0.322 e. The van der Waals surface area contributed by atoms with Gasteiger partial charge in [0, 0.05) is 24.0 Å². The third-order valence-corrected chi connectivity index (χ3v) is 2.04. The zero-order valence-electron chi connectivity index (χ0n) is 8.32. The van der Waals surface area contributed by atoms with E-state index >= 15 is 0 Å². The second kappa shape index (κ2) is 4.00. The summed E-state index contributed by atoms with van der Waals surface area (Å²) in [6, 6.07) is 1.35. The first-order valence-electron chi connectivity index (χ1n) is 4.54. The van der Waals surface area contributed by atoms with Crippen LogP contribution < -0.4 is 5.56 Å². The number of hydrogen-bond acceptors (Lipinski definition) is 3. The third kappa shape index (κ3) is 2.49. The lowest BCUT2D eigenvalue weighted by Crippen LogP contribution is -2.13. The third-order valence-electron chi connectivity index (χ3n) is 2.04. The molecule has 2 aromatic rings. The van der Waals surface area contributed by atoms with Crippen LogP contribution in [0.4, 0.5) is 13.2 Å². The molecule has 0 radical (unpaired) electrons. The van der Waals surface area contributed by atoms with Crippen molar-refractivity contribution in [3.63, 3.8) is 0 Å². The predicted molar refractivity (Wildman–Crippen MR) is 53.1 cm³/mol. The van der Waals surface area contributed by atoms with Crippen LogP contribution in [0.5, 0.6) is 0 Å². The van der Waals surface area contributed by atoms with Crippen molar-refractivity contribution >= 4 is 0 Å². The van der Waals surface area contributed by atoms with Gasteiger partial charge in [0.1, 0.15) is 6.33 Å². The Kier molecular flexibility index (Phi) is 2.66. The number of alkyl halides is 3. The Morgan fingerprint density at radius 1 is 1.12 bits per heavy atom. The molecule has 1 N–H and O–H groups in total. The maximum Gasteiger partial charge on any atom is 0.416 e. The van der Waals surface area contributed by atoms with E-state index in [1.165, 1.54) is 18.7 Å². The first-order valence-corrected chi connectivity index (χ1v) is 4.54. The molecule has 4 nitrogen and oxygen atoms in total. The Morgan fingerprint density at radius 2 is 1.76 bits per heavy atom. The van der Waals surface area contributed by atoms with E-state index in [0.717, 1.165) is 6.07 Å². The first-order chi connectivity index (χ1) is 7.97. The topological polar surface area (TPSA) is 58.6 Å². The summed E-state index contributed by atoms with van der Waals surface area (Å²) in [6.45, 7) is 0. The lowest BCUT2D eigenvalue weighted by Gasteiger charge is -2.07. The number of rotatable bonds is 1. The van der Waals surface area contributed by atoms with Gasteiger partial charge in [0.15, 0.2) is 0 Å². The smallest absolute Gasteiger partial charge is 0.322 e. The van der Waals surface area contributed by atoms with Crippen LogP contribution in [0.2, 0.25) is 0 Å². The Hall–Kier alpha value is -2.18. The van der Waals surface area contributed by atoms with Crippen LogP contribution in [-0.4, -0.2) is 15.0 Å². The van der Waals surface area contributed by atoms with Crippen LogP contribution >= 0.6 is 0 Å². The molecule has 0 saturated heterocycles. The van der Waals surface area contributed by atoms with E-state index in [2.05, 4.69) is 15.0 Å². The van der Waals surface area contributed by atoms with Crippen LogP contribution in [0, 0.1) is 0 Å². The van der Waals surface area contributed by atoms with Crippen LogP contribution in [0.3, 0.4) is 0 Å². The SMILES string of the molecule is O=c1cc(C(F)(F)F)cc(-c2cncnc2)[nH]1. The van der Waals surface area contributed by atoms with Crippen LogP contribution in [-0.2, 0) is 6.18 Å². The molecule has 88 valence electrons. The van der Waals surface area contributed by atoms with Crippen molar-refractivity contribution in [2.24, 2.45) is 0 Å². The summed E-state index contributed by atoms with van der Waals surface area (Å²) in [6.07, 6.45) is -0.676. The molecular weight excluding hydrogens is 235 g/mol. The van der Waals surface area contributed by atoms with Gasteiger partial charge in [-0.05, 0) is 6.07 Å². The van der Waals surface area contributed by atoms with E-state index in [4.69, 9.17) is 0 Å². The normalized spacial score (nSPS) is 11.5. The van der Waals surface area contributed by atoms with Crippen molar-refractivity contribution in [3.05, 3.63) is 46.8 Å². The van der Waals surface area contributed by atoms with Gasteiger partial charge in [-0.15, -0.1) is 0 Å². The molecule has 0 aliphatic rings. The molecule has 0 aliphatic carbocycles. The molecular formula is C10H6F3N3O. The number of aromatic amines is 1. The molecule has 17 heavy (non-hydrogen) atoms. The number of halogens is 3. The minimum atomic E-state index is -4.56. The van der Waals surface area contributed by atoms with Gasteiger partial charge in [0.25, 0.3) is 0 Å². The number of nitrogens with one attached hydrogen (secondary N) is 1. The van der Waals surface area contributed by atoms with Gasteiger partial charge in [-0.25, -0.2) is 9.97 Å². The Balaban J connectivity index is 2.58. The molecule has 0 atom stereocenters. The number of aromatic nitrogens is 3. The Labute approximate surface area is 93.2 Å². The summed E-state index contributed by atoms with van der Waals surface area (Å²) in [4.78, 5) is 20.8. The summed E-state index contributed by atoms with van der Waals surface area (Å²) in [5, 5.41) is 0. The van der Waals surface area contributed by atoms with Gasteiger partial charge in [-0.3, -0.25) is 4.79 Å². The molecule has 2 aromatic heterocycles. The Bertz CT molecular complexity index is 577. The summed E-state index contributed by atoms with van der Waals surface area (Å²) in [7, 11) is 0. The Morgan fingerprint density at radius 3 is 2.35 bits per heavy atom. The molecule has 0 aliphatic heterocycles. The van der Waals surface area contributed by atoms with Crippen molar-refractivity contribution in [1.29, 1.82) is 0 Å². The highest BCUT2D eigenvalue weighted by Crippen LogP contribution is 2.29.